The molecule has 2 aromatic rings. The lowest BCUT2D eigenvalue weighted by atomic mass is 10.1. The van der Waals surface area contributed by atoms with Crippen LogP contribution in [0.5, 0.6) is 0 Å². The molecule has 0 saturated carbocycles. The van der Waals surface area contributed by atoms with Gasteiger partial charge in [-0.1, -0.05) is 32.3 Å². The Morgan fingerprint density at radius 3 is 2.88 bits per heavy atom. The summed E-state index contributed by atoms with van der Waals surface area (Å²) in [5.41, 5.74) is 3.21. The zero-order valence-corrected chi connectivity index (χ0v) is 14.9. The van der Waals surface area contributed by atoms with Gasteiger partial charge in [-0.05, 0) is 30.7 Å². The average Bonchev–Trinajstić information content (AvgIpc) is 3.08. The number of hydrogen-bond donors (Lipinski definition) is 2. The molecule has 2 unspecified atom stereocenters. The molecule has 0 aliphatic carbocycles. The van der Waals surface area contributed by atoms with Crippen LogP contribution in [0.25, 0.3) is 10.6 Å². The molecule has 2 atom stereocenters. The molecule has 0 aliphatic rings. The number of rotatable bonds is 10. The lowest BCUT2D eigenvalue weighted by Gasteiger charge is -2.12. The van der Waals surface area contributed by atoms with E-state index in [9.17, 15) is 9.00 Å². The lowest BCUT2D eigenvalue weighted by molar-refractivity contribution is -0.141. The van der Waals surface area contributed by atoms with E-state index in [4.69, 9.17) is 9.39 Å². The summed E-state index contributed by atoms with van der Waals surface area (Å²) in [6.07, 6.45) is 4.86. The maximum atomic E-state index is 12.2. The van der Waals surface area contributed by atoms with E-state index in [0.717, 1.165) is 29.8 Å². The smallest absolute Gasteiger partial charge is 0.323 e. The number of aliphatic carboxylic acids is 1. The molecule has 0 saturated heterocycles. The van der Waals surface area contributed by atoms with E-state index >= 15 is 0 Å². The first-order valence-electron chi connectivity index (χ1n) is 7.70. The normalized spacial score (nSPS) is 13.5. The molecule has 0 aliphatic heterocycles. The fourth-order valence-corrected chi connectivity index (χ4v) is 3.85. The highest BCUT2D eigenvalue weighted by Gasteiger charge is 2.19. The minimum Gasteiger partial charge on any atom is -0.480 e. The standard InChI is InChI=1S/C16H20N2O4S2/c1-2-3-4-8-13(16(19)20)18-22-24(21)15-10-9-14(23-15)12-7-5-6-11-17-12/h5-7,9-11,13,18H,2-4,8H2,1H3,(H,19,20). The van der Waals surface area contributed by atoms with Gasteiger partial charge in [0.25, 0.3) is 0 Å². The van der Waals surface area contributed by atoms with Gasteiger partial charge in [-0.3, -0.25) is 9.78 Å². The lowest BCUT2D eigenvalue weighted by Crippen LogP contribution is -2.37. The molecule has 6 nitrogen and oxygen atoms in total. The van der Waals surface area contributed by atoms with Crippen LogP contribution in [0.1, 0.15) is 32.6 Å². The van der Waals surface area contributed by atoms with Gasteiger partial charge in [-0.25, -0.2) is 4.21 Å². The summed E-state index contributed by atoms with van der Waals surface area (Å²) in [5, 5.41) is 9.16. The highest BCUT2D eigenvalue weighted by Crippen LogP contribution is 2.28. The number of thiophene rings is 1. The van der Waals surface area contributed by atoms with E-state index in [2.05, 4.69) is 10.5 Å². The van der Waals surface area contributed by atoms with Crippen LogP contribution in [-0.2, 0) is 20.2 Å². The SMILES string of the molecule is CCCCCC(NOS(=O)c1ccc(-c2ccccn2)s1)C(=O)O. The Balaban J connectivity index is 1.92. The van der Waals surface area contributed by atoms with E-state index in [1.807, 2.05) is 31.2 Å². The van der Waals surface area contributed by atoms with Gasteiger partial charge in [0, 0.05) is 6.20 Å². The Kier molecular flexibility index (Phi) is 7.51. The Bertz CT molecular complexity index is 676. The Labute approximate surface area is 147 Å². The highest BCUT2D eigenvalue weighted by molar-refractivity contribution is 7.82. The molecular formula is C16H20N2O4S2. The molecule has 24 heavy (non-hydrogen) atoms. The number of pyridine rings is 1. The fourth-order valence-electron chi connectivity index (χ4n) is 2.03. The molecule has 8 heteroatoms. The van der Waals surface area contributed by atoms with Crippen molar-refractivity contribution in [1.29, 1.82) is 0 Å². The first kappa shape index (κ1) is 18.7. The molecule has 2 rings (SSSR count). The molecule has 0 amide bonds. The second-order valence-electron chi connectivity index (χ2n) is 5.16. The summed E-state index contributed by atoms with van der Waals surface area (Å²) in [5.74, 6) is -1.01. The van der Waals surface area contributed by atoms with Gasteiger partial charge >= 0.3 is 5.97 Å². The number of carboxylic acids is 1. The molecule has 130 valence electrons. The van der Waals surface area contributed by atoms with Gasteiger partial charge in [0.1, 0.15) is 10.3 Å². The number of hydroxylamine groups is 1. The number of carbonyl (C=O) groups is 1. The zero-order chi connectivity index (χ0) is 17.4. The molecule has 2 N–H and O–H groups in total. The van der Waals surface area contributed by atoms with Crippen LogP contribution in [0.4, 0.5) is 0 Å². The Morgan fingerprint density at radius 2 is 2.21 bits per heavy atom. The van der Waals surface area contributed by atoms with Crippen molar-refractivity contribution in [1.82, 2.24) is 10.5 Å². The topological polar surface area (TPSA) is 88.5 Å². The van der Waals surface area contributed by atoms with Gasteiger partial charge in [0.15, 0.2) is 0 Å². The number of carboxylic acid groups (broad SMARTS) is 1. The summed E-state index contributed by atoms with van der Waals surface area (Å²) in [4.78, 5) is 16.3. The van der Waals surface area contributed by atoms with Crippen molar-refractivity contribution in [3.8, 4) is 10.6 Å². The van der Waals surface area contributed by atoms with E-state index < -0.39 is 23.1 Å². The van der Waals surface area contributed by atoms with Crippen LogP contribution in [0.15, 0.2) is 40.7 Å². The van der Waals surface area contributed by atoms with Crippen LogP contribution < -0.4 is 5.48 Å². The summed E-state index contributed by atoms with van der Waals surface area (Å²) in [6, 6.07) is 8.22. The van der Waals surface area contributed by atoms with Crippen LogP contribution in [0, 0.1) is 0 Å². The van der Waals surface area contributed by atoms with Crippen molar-refractivity contribution in [3.05, 3.63) is 36.5 Å². The largest absolute Gasteiger partial charge is 0.480 e. The van der Waals surface area contributed by atoms with Crippen molar-refractivity contribution < 1.29 is 18.4 Å². The summed E-state index contributed by atoms with van der Waals surface area (Å²) in [7, 11) is 0. The second-order valence-corrected chi connectivity index (χ2v) is 7.57. The monoisotopic (exact) mass is 368 g/mol. The van der Waals surface area contributed by atoms with E-state index in [1.54, 1.807) is 12.3 Å². The maximum Gasteiger partial charge on any atom is 0.323 e. The third-order valence-corrected chi connectivity index (χ3v) is 5.60. The molecule has 0 fully saturated rings. The van der Waals surface area contributed by atoms with Crippen molar-refractivity contribution in [2.24, 2.45) is 0 Å². The van der Waals surface area contributed by atoms with Crippen molar-refractivity contribution in [3.63, 3.8) is 0 Å². The van der Waals surface area contributed by atoms with Gasteiger partial charge in [0.2, 0.25) is 11.1 Å². The molecule has 0 aromatic carbocycles. The van der Waals surface area contributed by atoms with Gasteiger partial charge in [-0.15, -0.1) is 11.3 Å². The second kappa shape index (κ2) is 9.63. The van der Waals surface area contributed by atoms with Gasteiger partial charge in [-0.2, -0.15) is 9.76 Å². The van der Waals surface area contributed by atoms with Crippen molar-refractivity contribution in [2.45, 2.75) is 42.9 Å². The van der Waals surface area contributed by atoms with Crippen molar-refractivity contribution >= 4 is 28.4 Å². The van der Waals surface area contributed by atoms with E-state index in [0.29, 0.717) is 10.6 Å². The summed E-state index contributed by atoms with van der Waals surface area (Å²) >= 11 is -0.464. The molecule has 0 bridgehead atoms. The minimum atomic E-state index is -1.76. The Morgan fingerprint density at radius 1 is 1.38 bits per heavy atom. The van der Waals surface area contributed by atoms with Crippen LogP contribution in [-0.4, -0.2) is 26.3 Å². The van der Waals surface area contributed by atoms with Gasteiger partial charge in [0.05, 0.1) is 10.6 Å². The third-order valence-electron chi connectivity index (χ3n) is 3.32. The van der Waals surface area contributed by atoms with Crippen LogP contribution >= 0.6 is 11.3 Å². The number of nitrogens with zero attached hydrogens (tertiary/aromatic N) is 1. The molecule has 2 heterocycles. The summed E-state index contributed by atoms with van der Waals surface area (Å²) in [6.45, 7) is 2.05. The van der Waals surface area contributed by atoms with Crippen molar-refractivity contribution in [2.75, 3.05) is 0 Å². The van der Waals surface area contributed by atoms with E-state index in [-0.39, 0.29) is 0 Å². The summed E-state index contributed by atoms with van der Waals surface area (Å²) < 4.78 is 17.7. The highest BCUT2D eigenvalue weighted by atomic mass is 32.2. The number of nitrogens with one attached hydrogen (secondary N) is 1. The maximum absolute atomic E-state index is 12.2. The number of unbranched alkanes of at least 4 members (excludes halogenated alkanes) is 2. The molecule has 0 spiro atoms. The van der Waals surface area contributed by atoms with Crippen LogP contribution in [0.2, 0.25) is 0 Å². The predicted molar refractivity (Wildman–Crippen MR) is 93.7 cm³/mol. The zero-order valence-electron chi connectivity index (χ0n) is 13.3. The number of hydrogen-bond acceptors (Lipinski definition) is 6. The minimum absolute atomic E-state index is 0.435. The quantitative estimate of drug-likeness (QED) is 0.494. The molecule has 0 radical (unpaired) electrons. The third kappa shape index (κ3) is 5.48. The Hall–Kier alpha value is -1.61. The van der Waals surface area contributed by atoms with Crippen LogP contribution in [0.3, 0.4) is 0 Å². The first-order valence-corrected chi connectivity index (χ1v) is 9.59. The number of aromatic nitrogens is 1. The molecular weight excluding hydrogens is 348 g/mol. The van der Waals surface area contributed by atoms with E-state index in [1.165, 1.54) is 11.3 Å². The predicted octanol–water partition coefficient (Wildman–Crippen LogP) is 3.39. The first-order chi connectivity index (χ1) is 11.6. The average molecular weight is 368 g/mol. The fraction of sp³-hybridized carbons (Fsp3) is 0.375. The van der Waals surface area contributed by atoms with Gasteiger partial charge < -0.3 is 5.11 Å². The molecule has 2 aromatic heterocycles.